The molecule has 0 bridgehead atoms. The number of sulfonamides is 1. The summed E-state index contributed by atoms with van der Waals surface area (Å²) in [5.41, 5.74) is 1.09. The molecule has 0 spiro atoms. The zero-order chi connectivity index (χ0) is 18.2. The van der Waals surface area contributed by atoms with E-state index in [9.17, 15) is 16.8 Å². The Kier molecular flexibility index (Phi) is 4.19. The molecule has 3 aromatic rings. The van der Waals surface area contributed by atoms with Gasteiger partial charge in [0, 0.05) is 17.4 Å². The van der Waals surface area contributed by atoms with E-state index in [0.717, 1.165) is 6.26 Å². The highest BCUT2D eigenvalue weighted by Crippen LogP contribution is 2.25. The second-order valence-electron chi connectivity index (χ2n) is 5.28. The third-order valence-corrected chi connectivity index (χ3v) is 5.44. The van der Waals surface area contributed by atoms with Crippen LogP contribution in [-0.2, 0) is 19.9 Å². The first-order chi connectivity index (χ1) is 11.6. The molecular formula is C15H13N3O5S2. The summed E-state index contributed by atoms with van der Waals surface area (Å²) in [5.74, 6) is 0.411. The van der Waals surface area contributed by atoms with E-state index in [2.05, 4.69) is 10.2 Å². The van der Waals surface area contributed by atoms with Crippen molar-refractivity contribution in [1.29, 1.82) is 0 Å². The van der Waals surface area contributed by atoms with Crippen molar-refractivity contribution in [2.45, 2.75) is 9.79 Å². The van der Waals surface area contributed by atoms with Gasteiger partial charge in [0.2, 0.25) is 21.8 Å². The molecule has 8 nitrogen and oxygen atoms in total. The van der Waals surface area contributed by atoms with E-state index < -0.39 is 19.9 Å². The lowest BCUT2D eigenvalue weighted by Crippen LogP contribution is -2.11. The summed E-state index contributed by atoms with van der Waals surface area (Å²) < 4.78 is 51.0. The molecule has 1 aromatic heterocycles. The third kappa shape index (κ3) is 3.76. The van der Waals surface area contributed by atoms with E-state index >= 15 is 0 Å². The van der Waals surface area contributed by atoms with Crippen LogP contribution in [0, 0.1) is 0 Å². The van der Waals surface area contributed by atoms with Crippen molar-refractivity contribution in [2.24, 2.45) is 5.14 Å². The van der Waals surface area contributed by atoms with Gasteiger partial charge in [-0.15, -0.1) is 10.2 Å². The molecule has 0 saturated heterocycles. The highest BCUT2D eigenvalue weighted by Gasteiger charge is 2.14. The molecule has 2 N–H and O–H groups in total. The normalized spacial score (nSPS) is 12.2. The number of sulfone groups is 1. The average molecular weight is 379 g/mol. The van der Waals surface area contributed by atoms with Gasteiger partial charge in [0.25, 0.3) is 0 Å². The van der Waals surface area contributed by atoms with Gasteiger partial charge in [-0.1, -0.05) is 0 Å². The van der Waals surface area contributed by atoms with Crippen molar-refractivity contribution in [3.63, 3.8) is 0 Å². The molecule has 0 saturated carbocycles. The predicted molar refractivity (Wildman–Crippen MR) is 89.7 cm³/mol. The van der Waals surface area contributed by atoms with E-state index in [4.69, 9.17) is 9.56 Å². The van der Waals surface area contributed by atoms with Gasteiger partial charge < -0.3 is 4.42 Å². The zero-order valence-corrected chi connectivity index (χ0v) is 14.6. The summed E-state index contributed by atoms with van der Waals surface area (Å²) in [5, 5.41) is 12.9. The van der Waals surface area contributed by atoms with Crippen LogP contribution in [0.1, 0.15) is 0 Å². The van der Waals surface area contributed by atoms with Crippen LogP contribution in [0.25, 0.3) is 22.9 Å². The second-order valence-corrected chi connectivity index (χ2v) is 8.86. The van der Waals surface area contributed by atoms with E-state index in [1.54, 1.807) is 12.1 Å². The Hall–Kier alpha value is -2.56. The van der Waals surface area contributed by atoms with Crippen molar-refractivity contribution in [1.82, 2.24) is 10.2 Å². The summed E-state index contributed by atoms with van der Waals surface area (Å²) in [7, 11) is -7.05. The lowest BCUT2D eigenvalue weighted by atomic mass is 10.2. The van der Waals surface area contributed by atoms with Gasteiger partial charge >= 0.3 is 0 Å². The smallest absolute Gasteiger partial charge is 0.248 e. The minimum Gasteiger partial charge on any atom is -0.416 e. The van der Waals surface area contributed by atoms with E-state index in [0.29, 0.717) is 11.1 Å². The Morgan fingerprint density at radius 3 is 1.52 bits per heavy atom. The van der Waals surface area contributed by atoms with Crippen LogP contribution >= 0.6 is 0 Å². The molecule has 0 aliphatic heterocycles. The Labute approximate surface area is 144 Å². The molecule has 0 fully saturated rings. The van der Waals surface area contributed by atoms with E-state index in [-0.39, 0.29) is 21.6 Å². The van der Waals surface area contributed by atoms with Gasteiger partial charge in [-0.3, -0.25) is 0 Å². The molecular weight excluding hydrogens is 366 g/mol. The first-order valence-electron chi connectivity index (χ1n) is 6.92. The number of hydrogen-bond acceptors (Lipinski definition) is 7. The number of benzene rings is 2. The average Bonchev–Trinajstić information content (AvgIpc) is 3.03. The monoisotopic (exact) mass is 379 g/mol. The summed E-state index contributed by atoms with van der Waals surface area (Å²) in [6.07, 6.45) is 1.12. The van der Waals surface area contributed by atoms with Crippen LogP contribution in [-0.4, -0.2) is 33.3 Å². The van der Waals surface area contributed by atoms with Crippen molar-refractivity contribution in [3.05, 3.63) is 48.5 Å². The quantitative estimate of drug-likeness (QED) is 0.725. The first kappa shape index (κ1) is 17.3. The maximum atomic E-state index is 11.5. The molecule has 0 aliphatic carbocycles. The fourth-order valence-corrected chi connectivity index (χ4v) is 3.23. The molecule has 0 radical (unpaired) electrons. The van der Waals surface area contributed by atoms with Gasteiger partial charge in [-0.2, -0.15) is 0 Å². The fraction of sp³-hybridized carbons (Fsp3) is 0.0667. The van der Waals surface area contributed by atoms with Gasteiger partial charge in [0.05, 0.1) is 9.79 Å². The van der Waals surface area contributed by atoms with Crippen LogP contribution in [0.2, 0.25) is 0 Å². The van der Waals surface area contributed by atoms with Crippen molar-refractivity contribution in [3.8, 4) is 22.9 Å². The first-order valence-corrected chi connectivity index (χ1v) is 10.4. The molecule has 0 atom stereocenters. The largest absolute Gasteiger partial charge is 0.416 e. The molecule has 10 heteroatoms. The molecule has 0 unspecified atom stereocenters. The maximum absolute atomic E-state index is 11.5. The van der Waals surface area contributed by atoms with Crippen molar-refractivity contribution in [2.75, 3.05) is 6.26 Å². The van der Waals surface area contributed by atoms with Gasteiger partial charge in [-0.25, -0.2) is 22.0 Å². The summed E-state index contributed by atoms with van der Waals surface area (Å²) in [6.45, 7) is 0. The lowest BCUT2D eigenvalue weighted by Gasteiger charge is -2.00. The molecule has 2 aromatic carbocycles. The summed E-state index contributed by atoms with van der Waals surface area (Å²) in [6, 6.07) is 11.7. The van der Waals surface area contributed by atoms with Crippen LogP contribution in [0.4, 0.5) is 0 Å². The highest BCUT2D eigenvalue weighted by molar-refractivity contribution is 7.90. The SMILES string of the molecule is CS(=O)(=O)c1ccc(-c2nnc(-c3ccc(S(N)(=O)=O)cc3)o2)cc1. The van der Waals surface area contributed by atoms with Crippen LogP contribution < -0.4 is 5.14 Å². The number of nitrogens with zero attached hydrogens (tertiary/aromatic N) is 2. The summed E-state index contributed by atoms with van der Waals surface area (Å²) in [4.78, 5) is 0.168. The van der Waals surface area contributed by atoms with E-state index in [1.165, 1.54) is 36.4 Å². The van der Waals surface area contributed by atoms with Gasteiger partial charge in [-0.05, 0) is 48.5 Å². The number of rotatable bonds is 4. The number of aromatic nitrogens is 2. The Morgan fingerprint density at radius 1 is 0.760 bits per heavy atom. The van der Waals surface area contributed by atoms with Crippen LogP contribution in [0.15, 0.2) is 62.7 Å². The zero-order valence-electron chi connectivity index (χ0n) is 12.9. The minimum absolute atomic E-state index is 0.0210. The molecule has 25 heavy (non-hydrogen) atoms. The second kappa shape index (κ2) is 6.06. The molecule has 3 rings (SSSR count). The van der Waals surface area contributed by atoms with Gasteiger partial charge in [0.1, 0.15) is 0 Å². The van der Waals surface area contributed by atoms with Gasteiger partial charge in [0.15, 0.2) is 9.84 Å². The Morgan fingerprint density at radius 2 is 1.16 bits per heavy atom. The topological polar surface area (TPSA) is 133 Å². The molecule has 1 heterocycles. The fourth-order valence-electron chi connectivity index (χ4n) is 2.09. The number of hydrogen-bond donors (Lipinski definition) is 1. The van der Waals surface area contributed by atoms with Crippen molar-refractivity contribution < 1.29 is 21.3 Å². The Balaban J connectivity index is 1.90. The third-order valence-electron chi connectivity index (χ3n) is 3.38. The van der Waals surface area contributed by atoms with Crippen LogP contribution in [0.5, 0.6) is 0 Å². The van der Waals surface area contributed by atoms with Crippen molar-refractivity contribution >= 4 is 19.9 Å². The lowest BCUT2D eigenvalue weighted by molar-refractivity contribution is 0.584. The molecule has 0 amide bonds. The van der Waals surface area contributed by atoms with Crippen LogP contribution in [0.3, 0.4) is 0 Å². The summed E-state index contributed by atoms with van der Waals surface area (Å²) >= 11 is 0. The number of nitrogens with two attached hydrogens (primary N) is 1. The maximum Gasteiger partial charge on any atom is 0.248 e. The van der Waals surface area contributed by atoms with E-state index in [1.807, 2.05) is 0 Å². The standard InChI is InChI=1S/C15H13N3O5S2/c1-24(19,20)12-6-2-10(3-7-12)14-17-18-15(23-14)11-4-8-13(9-5-11)25(16,21)22/h2-9H,1H3,(H2,16,21,22). The minimum atomic E-state index is -3.77. The number of primary sulfonamides is 1. The molecule has 130 valence electrons. The Bertz CT molecular complexity index is 1030. The molecule has 0 aliphatic rings. The predicted octanol–water partition coefficient (Wildman–Crippen LogP) is 1.45. The highest BCUT2D eigenvalue weighted by atomic mass is 32.2.